The molecule has 0 aliphatic heterocycles. The molecular formula is C79H106O19. The summed E-state index contributed by atoms with van der Waals surface area (Å²) >= 11 is 0. The maximum Gasteiger partial charge on any atom is 0.341 e. The summed E-state index contributed by atoms with van der Waals surface area (Å²) in [4.78, 5) is 35.4. The zero-order valence-corrected chi connectivity index (χ0v) is 58.9. The predicted octanol–water partition coefficient (Wildman–Crippen LogP) is 18.3. The number of hydrogen-bond donors (Lipinski definition) is 4. The first-order chi connectivity index (χ1) is 47.7. The Morgan fingerprint density at radius 1 is 0.286 bits per heavy atom. The van der Waals surface area contributed by atoms with Crippen molar-refractivity contribution in [2.75, 3.05) is 68.1 Å². The van der Waals surface area contributed by atoms with Gasteiger partial charge >= 0.3 is 17.9 Å². The van der Waals surface area contributed by atoms with Crippen LogP contribution in [0.4, 0.5) is 0 Å². The Kier molecular flexibility index (Phi) is 35.4. The molecule has 0 aromatic heterocycles. The van der Waals surface area contributed by atoms with Gasteiger partial charge < -0.3 is 77.3 Å². The van der Waals surface area contributed by atoms with Gasteiger partial charge in [-0.05, 0) is 125 Å². The first kappa shape index (κ1) is 78.3. The van der Waals surface area contributed by atoms with Crippen LogP contribution in [-0.2, 0) is 34.2 Å². The van der Waals surface area contributed by atoms with E-state index >= 15 is 0 Å². The van der Waals surface area contributed by atoms with Gasteiger partial charge in [0.05, 0.1) is 71.6 Å². The minimum absolute atomic E-state index is 0.0790. The van der Waals surface area contributed by atoms with Gasteiger partial charge in [-0.2, -0.15) is 0 Å². The van der Waals surface area contributed by atoms with Crippen LogP contribution >= 0.6 is 0 Å². The van der Waals surface area contributed by atoms with E-state index in [0.29, 0.717) is 110 Å². The summed E-state index contributed by atoms with van der Waals surface area (Å²) in [5, 5.41) is 39.9. The van der Waals surface area contributed by atoms with Crippen LogP contribution in [0.5, 0.6) is 69.0 Å². The summed E-state index contributed by atoms with van der Waals surface area (Å²) in [5.74, 6) is 0.909. The zero-order valence-electron chi connectivity index (χ0n) is 58.9. The van der Waals surface area contributed by atoms with E-state index in [4.69, 9.17) is 56.8 Å². The molecule has 0 atom stereocenters. The third-order valence-corrected chi connectivity index (χ3v) is 16.6. The molecule has 6 aromatic carbocycles. The summed E-state index contributed by atoms with van der Waals surface area (Å²) in [6, 6.07) is 26.3. The number of ether oxygens (including phenoxy) is 12. The number of unbranched alkanes of at least 4 members (excludes halogenated alkanes) is 21. The smallest absolute Gasteiger partial charge is 0.341 e. The zero-order chi connectivity index (χ0) is 70.3. The fourth-order valence-corrected chi connectivity index (χ4v) is 11.6. The summed E-state index contributed by atoms with van der Waals surface area (Å²) in [6.07, 6.45) is 27.0. The van der Waals surface area contributed by atoms with Crippen molar-refractivity contribution in [1.29, 1.82) is 0 Å². The molecule has 0 fully saturated rings. The molecular weight excluding hydrogens is 1250 g/mol. The molecule has 98 heavy (non-hydrogen) atoms. The van der Waals surface area contributed by atoms with Crippen LogP contribution in [0.15, 0.2) is 91.0 Å². The summed E-state index contributed by atoms with van der Waals surface area (Å²) in [5.41, 5.74) is 4.86. The molecule has 6 aromatic rings. The van der Waals surface area contributed by atoms with Crippen molar-refractivity contribution in [3.63, 3.8) is 0 Å². The number of aliphatic hydroxyl groups is 1. The summed E-state index contributed by atoms with van der Waals surface area (Å²) in [6.45, 7) is 5.61. The van der Waals surface area contributed by atoms with Crippen molar-refractivity contribution in [3.05, 3.63) is 108 Å². The molecule has 0 saturated carbocycles. The normalized spacial score (nSPS) is 11.0. The topological polar surface area (TPSA) is 243 Å². The molecule has 0 radical (unpaired) electrons. The second-order valence-corrected chi connectivity index (χ2v) is 24.5. The fourth-order valence-electron chi connectivity index (χ4n) is 11.6. The Bertz CT molecular complexity index is 3160. The Morgan fingerprint density at radius 3 is 0.765 bits per heavy atom. The first-order valence-corrected chi connectivity index (χ1v) is 35.1. The number of aliphatic carboxylic acids is 3. The maximum atomic E-state index is 12.0. The number of benzene rings is 6. The molecule has 0 bridgehead atoms. The third-order valence-electron chi connectivity index (χ3n) is 16.6. The molecule has 19 nitrogen and oxygen atoms in total. The van der Waals surface area contributed by atoms with Crippen LogP contribution in [-0.4, -0.2) is 106 Å². The van der Waals surface area contributed by atoms with Crippen LogP contribution < -0.4 is 56.8 Å². The van der Waals surface area contributed by atoms with Gasteiger partial charge in [-0.1, -0.05) is 156 Å². The molecule has 0 heterocycles. The highest BCUT2D eigenvalue weighted by atomic mass is 16.5. The SMILES string of the molecule is CCCCCCCCCCOc1cc(OCC(=O)O)cc(-c2c(OC)cc(COc3cc(CO)cc(OCc4cc(OC)c(-c5cc(OCCCCCCCCCC)cc(OCC(=O)O)c5)c(OC)c4)c3-c3cc(OCCCCCCCCCC)cc(OCC(=O)O)c3)cc2OC)c1. The van der Waals surface area contributed by atoms with Crippen LogP contribution in [0, 0.1) is 0 Å². The summed E-state index contributed by atoms with van der Waals surface area (Å²) < 4.78 is 74.4. The van der Waals surface area contributed by atoms with E-state index in [1.807, 2.05) is 42.5 Å². The van der Waals surface area contributed by atoms with Crippen LogP contribution in [0.2, 0.25) is 0 Å². The number of methoxy groups -OCH3 is 4. The molecule has 536 valence electrons. The van der Waals surface area contributed by atoms with Gasteiger partial charge in [-0.3, -0.25) is 0 Å². The highest BCUT2D eigenvalue weighted by Gasteiger charge is 2.24. The van der Waals surface area contributed by atoms with E-state index in [1.54, 1.807) is 48.5 Å². The quantitative estimate of drug-likeness (QED) is 0.0259. The average molecular weight is 1360 g/mol. The lowest BCUT2D eigenvalue weighted by Gasteiger charge is -2.21. The van der Waals surface area contributed by atoms with Gasteiger partial charge in [-0.25, -0.2) is 14.4 Å². The standard InChI is InChI=1S/C79H106O19/c1-8-11-14-17-20-23-26-29-32-91-62-41-59(44-65(47-62)94-53-74(81)82)77-68(87-4)37-57(38-69(77)88-5)51-97-72-35-56(50-80)36-73(79(72)61-43-64(49-67(46-61)96-55-76(85)86)93-34-31-28-25-22-19-16-13-10-3)98-52-58-39-70(89-6)78(71(40-58)90-7)60-42-63(48-66(45-60)95-54-75(83)84)92-33-30-27-24-21-18-15-12-9-2/h35-49,80H,8-34,50-55H2,1-7H3,(H,81,82)(H,83,84)(H,85,86). The molecule has 0 aliphatic rings. The maximum absolute atomic E-state index is 12.0. The average Bonchev–Trinajstić information content (AvgIpc) is 0.795. The Morgan fingerprint density at radius 2 is 0.520 bits per heavy atom. The second-order valence-electron chi connectivity index (χ2n) is 24.5. The molecule has 0 aliphatic carbocycles. The van der Waals surface area contributed by atoms with Crippen molar-refractivity contribution in [2.45, 2.75) is 195 Å². The largest absolute Gasteiger partial charge is 0.496 e. The fraction of sp³-hybridized carbons (Fsp3) is 0.506. The van der Waals surface area contributed by atoms with E-state index < -0.39 is 44.3 Å². The molecule has 4 N–H and O–H groups in total. The number of hydrogen-bond acceptors (Lipinski definition) is 16. The number of carboxylic acid groups (broad SMARTS) is 3. The number of aliphatic hydroxyl groups excluding tert-OH is 1. The van der Waals surface area contributed by atoms with E-state index in [1.165, 1.54) is 118 Å². The minimum atomic E-state index is -1.17. The Hall–Kier alpha value is -8.71. The van der Waals surface area contributed by atoms with E-state index in [2.05, 4.69) is 20.8 Å². The van der Waals surface area contributed by atoms with Crippen molar-refractivity contribution >= 4 is 17.9 Å². The molecule has 0 unspecified atom stereocenters. The number of carbonyl (C=O) groups is 3. The lowest BCUT2D eigenvalue weighted by atomic mass is 9.99. The molecule has 6 rings (SSSR count). The van der Waals surface area contributed by atoms with Gasteiger partial charge in [0.15, 0.2) is 19.8 Å². The first-order valence-electron chi connectivity index (χ1n) is 35.1. The van der Waals surface area contributed by atoms with Crippen LogP contribution in [0.1, 0.15) is 192 Å². The van der Waals surface area contributed by atoms with Crippen molar-refractivity contribution in [3.8, 4) is 102 Å². The van der Waals surface area contributed by atoms with E-state index in [-0.39, 0.29) is 42.0 Å². The number of carboxylic acids is 3. The van der Waals surface area contributed by atoms with Gasteiger partial charge in [0.25, 0.3) is 0 Å². The highest BCUT2D eigenvalue weighted by molar-refractivity contribution is 5.82. The highest BCUT2D eigenvalue weighted by Crippen LogP contribution is 2.47. The van der Waals surface area contributed by atoms with Crippen LogP contribution in [0.25, 0.3) is 33.4 Å². The molecule has 0 saturated heterocycles. The van der Waals surface area contributed by atoms with Gasteiger partial charge in [0, 0.05) is 18.2 Å². The van der Waals surface area contributed by atoms with Crippen molar-refractivity contribution in [1.82, 2.24) is 0 Å². The molecule has 0 amide bonds. The minimum Gasteiger partial charge on any atom is -0.496 e. The van der Waals surface area contributed by atoms with E-state index in [9.17, 15) is 34.8 Å². The predicted molar refractivity (Wildman–Crippen MR) is 380 cm³/mol. The number of rotatable bonds is 53. The monoisotopic (exact) mass is 1360 g/mol. The summed E-state index contributed by atoms with van der Waals surface area (Å²) in [7, 11) is 6.14. The second kappa shape index (κ2) is 44.3. The van der Waals surface area contributed by atoms with E-state index in [0.717, 1.165) is 64.2 Å². The van der Waals surface area contributed by atoms with Gasteiger partial charge in [-0.15, -0.1) is 0 Å². The van der Waals surface area contributed by atoms with Crippen molar-refractivity contribution < 1.29 is 91.7 Å². The third kappa shape index (κ3) is 27.0. The molecule has 19 heteroatoms. The lowest BCUT2D eigenvalue weighted by molar-refractivity contribution is -0.140. The molecule has 0 spiro atoms. The van der Waals surface area contributed by atoms with Crippen molar-refractivity contribution in [2.24, 2.45) is 0 Å². The Balaban J connectivity index is 1.39. The Labute approximate surface area is 579 Å². The lowest BCUT2D eigenvalue weighted by Crippen LogP contribution is -2.10. The van der Waals surface area contributed by atoms with Gasteiger partial charge in [0.2, 0.25) is 0 Å². The van der Waals surface area contributed by atoms with Gasteiger partial charge in [0.1, 0.15) is 82.2 Å². The van der Waals surface area contributed by atoms with Crippen LogP contribution in [0.3, 0.4) is 0 Å².